The average Bonchev–Trinajstić information content (AvgIpc) is 3.40. The number of hydrogen-bond acceptors (Lipinski definition) is 6. The van der Waals surface area contributed by atoms with Crippen LogP contribution in [0.15, 0.2) is 33.5 Å². The molecule has 30 heavy (non-hydrogen) atoms. The van der Waals surface area contributed by atoms with Crippen molar-refractivity contribution in [1.29, 1.82) is 0 Å². The van der Waals surface area contributed by atoms with E-state index >= 15 is 0 Å². The van der Waals surface area contributed by atoms with Gasteiger partial charge < -0.3 is 19.1 Å². The number of nitrogens with zero attached hydrogens (tertiary/aromatic N) is 3. The van der Waals surface area contributed by atoms with Crippen LogP contribution >= 0.6 is 0 Å². The largest absolute Gasteiger partial charge is 0.468 e. The third-order valence-corrected chi connectivity index (χ3v) is 6.86. The number of oxazole rings is 1. The van der Waals surface area contributed by atoms with Gasteiger partial charge in [0, 0.05) is 39.0 Å². The molecule has 5 heterocycles. The number of piperidine rings is 3. The van der Waals surface area contributed by atoms with Crippen molar-refractivity contribution in [3.05, 3.63) is 42.0 Å². The van der Waals surface area contributed by atoms with Crippen molar-refractivity contribution in [3.63, 3.8) is 0 Å². The summed E-state index contributed by atoms with van der Waals surface area (Å²) in [4.78, 5) is 34.1. The van der Waals surface area contributed by atoms with E-state index in [9.17, 15) is 9.59 Å². The van der Waals surface area contributed by atoms with Crippen molar-refractivity contribution in [2.24, 2.45) is 11.8 Å². The Hall–Kier alpha value is -2.61. The molecule has 1 N–H and O–H groups in total. The first-order chi connectivity index (χ1) is 14.6. The first-order valence-electron chi connectivity index (χ1n) is 10.8. The SMILES string of the molecule is Cc1nc(C(=O)NC[C@H]2[C@H]3C[C@H](CN(Cc4ccco4)C3)[C@@H]3CCCC(=O)N32)co1. The first kappa shape index (κ1) is 19.4. The second-order valence-electron chi connectivity index (χ2n) is 8.82. The normalized spacial score (nSPS) is 29.0. The lowest BCUT2D eigenvalue weighted by molar-refractivity contribution is -0.152. The zero-order valence-corrected chi connectivity index (χ0v) is 17.3. The van der Waals surface area contributed by atoms with Gasteiger partial charge in [-0.05, 0) is 43.2 Å². The summed E-state index contributed by atoms with van der Waals surface area (Å²) in [5.41, 5.74) is 0.283. The van der Waals surface area contributed by atoms with E-state index in [0.29, 0.717) is 30.7 Å². The second kappa shape index (κ2) is 7.91. The van der Waals surface area contributed by atoms with Gasteiger partial charge in [0.2, 0.25) is 5.91 Å². The number of nitrogens with one attached hydrogen (secondary N) is 1. The van der Waals surface area contributed by atoms with Gasteiger partial charge >= 0.3 is 0 Å². The standard InChI is InChI=1S/C22H28N4O4/c1-14-24-18(13-30-14)22(28)23-9-20-16-8-15(19-5-2-6-21(27)26(19)20)10-25(11-16)12-17-4-3-7-29-17/h3-4,7,13,15-16,19-20H,2,5-6,8-12H2,1H3,(H,23,28)/t15-,16+,19+,20+/m1/s1. The molecular formula is C22H28N4O4. The van der Waals surface area contributed by atoms with Crippen molar-refractivity contribution in [2.45, 2.75) is 51.2 Å². The Labute approximate surface area is 175 Å². The van der Waals surface area contributed by atoms with Crippen molar-refractivity contribution >= 4 is 11.8 Å². The highest BCUT2D eigenvalue weighted by Gasteiger charge is 2.49. The summed E-state index contributed by atoms with van der Waals surface area (Å²) in [7, 11) is 0. The fourth-order valence-electron chi connectivity index (χ4n) is 5.64. The molecule has 3 saturated heterocycles. The molecule has 2 aromatic heterocycles. The van der Waals surface area contributed by atoms with Gasteiger partial charge in [-0.1, -0.05) is 0 Å². The maximum atomic E-state index is 12.9. The number of aryl methyl sites for hydroxylation is 1. The maximum absolute atomic E-state index is 12.9. The molecule has 5 rings (SSSR count). The van der Waals surface area contributed by atoms with Gasteiger partial charge in [-0.25, -0.2) is 4.98 Å². The molecule has 8 nitrogen and oxygen atoms in total. The van der Waals surface area contributed by atoms with Crippen LogP contribution in [0.25, 0.3) is 0 Å². The maximum Gasteiger partial charge on any atom is 0.273 e. The molecule has 0 spiro atoms. The van der Waals surface area contributed by atoms with Gasteiger partial charge in [0.1, 0.15) is 12.0 Å². The monoisotopic (exact) mass is 412 g/mol. The quantitative estimate of drug-likeness (QED) is 0.810. The van der Waals surface area contributed by atoms with Crippen LogP contribution in [0, 0.1) is 18.8 Å². The number of aromatic nitrogens is 1. The Balaban J connectivity index is 1.33. The third-order valence-electron chi connectivity index (χ3n) is 6.86. The Kier molecular flexibility index (Phi) is 5.10. The van der Waals surface area contributed by atoms with E-state index < -0.39 is 0 Å². The van der Waals surface area contributed by atoms with Gasteiger partial charge in [0.15, 0.2) is 11.6 Å². The van der Waals surface area contributed by atoms with E-state index in [-0.39, 0.29) is 29.6 Å². The zero-order valence-electron chi connectivity index (χ0n) is 17.3. The summed E-state index contributed by atoms with van der Waals surface area (Å²) in [6.07, 6.45) is 6.81. The summed E-state index contributed by atoms with van der Waals surface area (Å²) in [6.45, 7) is 4.84. The lowest BCUT2D eigenvalue weighted by atomic mass is 9.72. The van der Waals surface area contributed by atoms with Crippen LogP contribution < -0.4 is 5.32 Å². The molecule has 0 unspecified atom stereocenters. The number of amides is 2. The molecule has 2 bridgehead atoms. The topological polar surface area (TPSA) is 91.8 Å². The molecule has 2 amide bonds. The minimum atomic E-state index is -0.252. The summed E-state index contributed by atoms with van der Waals surface area (Å²) in [6, 6.07) is 4.21. The molecule has 0 aromatic carbocycles. The smallest absolute Gasteiger partial charge is 0.273 e. The van der Waals surface area contributed by atoms with Crippen LogP contribution in [0.2, 0.25) is 0 Å². The Bertz CT molecular complexity index is 908. The Morgan fingerprint density at radius 1 is 1.30 bits per heavy atom. The lowest BCUT2D eigenvalue weighted by Crippen LogP contribution is -2.67. The molecule has 3 aliphatic rings. The van der Waals surface area contributed by atoms with Crippen molar-refractivity contribution in [3.8, 4) is 0 Å². The van der Waals surface area contributed by atoms with Crippen LogP contribution in [0.4, 0.5) is 0 Å². The predicted molar refractivity (Wildman–Crippen MR) is 107 cm³/mol. The molecule has 4 atom stereocenters. The molecule has 3 fully saturated rings. The van der Waals surface area contributed by atoms with Crippen LogP contribution in [-0.4, -0.2) is 58.3 Å². The van der Waals surface area contributed by atoms with E-state index in [1.54, 1.807) is 13.2 Å². The van der Waals surface area contributed by atoms with Crippen molar-refractivity contribution < 1.29 is 18.4 Å². The molecule has 0 saturated carbocycles. The molecule has 8 heteroatoms. The minimum Gasteiger partial charge on any atom is -0.468 e. The highest BCUT2D eigenvalue weighted by molar-refractivity contribution is 5.92. The number of hydrogen-bond donors (Lipinski definition) is 1. The number of fused-ring (bicyclic) bond motifs is 4. The fourth-order valence-corrected chi connectivity index (χ4v) is 5.64. The van der Waals surface area contributed by atoms with E-state index in [1.165, 1.54) is 6.26 Å². The van der Waals surface area contributed by atoms with Gasteiger partial charge in [0.05, 0.1) is 18.8 Å². The average molecular weight is 412 g/mol. The minimum absolute atomic E-state index is 0.00963. The lowest BCUT2D eigenvalue weighted by Gasteiger charge is -2.56. The Morgan fingerprint density at radius 3 is 2.93 bits per heavy atom. The van der Waals surface area contributed by atoms with Gasteiger partial charge in [-0.3, -0.25) is 14.5 Å². The molecule has 0 radical (unpaired) electrons. The third kappa shape index (κ3) is 3.64. The summed E-state index contributed by atoms with van der Waals surface area (Å²) < 4.78 is 10.7. The van der Waals surface area contributed by atoms with E-state index in [2.05, 4.69) is 20.1 Å². The van der Waals surface area contributed by atoms with Gasteiger partial charge in [-0.15, -0.1) is 0 Å². The Morgan fingerprint density at radius 2 is 2.17 bits per heavy atom. The zero-order chi connectivity index (χ0) is 20.7. The number of carbonyl (C=O) groups excluding carboxylic acids is 2. The summed E-state index contributed by atoms with van der Waals surface area (Å²) >= 11 is 0. The summed E-state index contributed by atoms with van der Waals surface area (Å²) in [5.74, 6) is 2.23. The van der Waals surface area contributed by atoms with Crippen LogP contribution in [-0.2, 0) is 11.3 Å². The first-order valence-corrected chi connectivity index (χ1v) is 10.8. The predicted octanol–water partition coefficient (Wildman–Crippen LogP) is 2.21. The van der Waals surface area contributed by atoms with Crippen LogP contribution in [0.3, 0.4) is 0 Å². The number of rotatable bonds is 5. The van der Waals surface area contributed by atoms with Crippen LogP contribution in [0.5, 0.6) is 0 Å². The van der Waals surface area contributed by atoms with E-state index in [1.807, 2.05) is 12.1 Å². The highest BCUT2D eigenvalue weighted by Crippen LogP contribution is 2.41. The molecule has 3 aliphatic heterocycles. The van der Waals surface area contributed by atoms with Crippen LogP contribution in [0.1, 0.15) is 47.8 Å². The molecular weight excluding hydrogens is 384 g/mol. The number of likely N-dealkylation sites (tertiary alicyclic amines) is 1. The van der Waals surface area contributed by atoms with Crippen molar-refractivity contribution in [2.75, 3.05) is 19.6 Å². The molecule has 0 aliphatic carbocycles. The van der Waals surface area contributed by atoms with Crippen molar-refractivity contribution in [1.82, 2.24) is 20.1 Å². The number of carbonyl (C=O) groups is 2. The van der Waals surface area contributed by atoms with Gasteiger partial charge in [-0.2, -0.15) is 0 Å². The van der Waals surface area contributed by atoms with E-state index in [4.69, 9.17) is 8.83 Å². The number of furan rings is 1. The molecule has 2 aromatic rings. The summed E-state index contributed by atoms with van der Waals surface area (Å²) in [5, 5.41) is 3.01. The van der Waals surface area contributed by atoms with E-state index in [0.717, 1.165) is 44.7 Å². The second-order valence-corrected chi connectivity index (χ2v) is 8.82. The molecule has 160 valence electrons. The van der Waals surface area contributed by atoms with Gasteiger partial charge in [0.25, 0.3) is 5.91 Å². The fraction of sp³-hybridized carbons (Fsp3) is 0.591. The highest BCUT2D eigenvalue weighted by atomic mass is 16.3.